The lowest BCUT2D eigenvalue weighted by Crippen LogP contribution is -2.36. The van der Waals surface area contributed by atoms with Gasteiger partial charge in [0.15, 0.2) is 0 Å². The average Bonchev–Trinajstić information content (AvgIpc) is 3.27. The van der Waals surface area contributed by atoms with E-state index < -0.39 is 0 Å². The third-order valence-corrected chi connectivity index (χ3v) is 6.08. The van der Waals surface area contributed by atoms with Gasteiger partial charge >= 0.3 is 0 Å². The summed E-state index contributed by atoms with van der Waals surface area (Å²) in [5.41, 5.74) is 2.65. The lowest BCUT2D eigenvalue weighted by atomic mass is 10.0. The molecule has 2 atom stereocenters. The van der Waals surface area contributed by atoms with Crippen LogP contribution in [0.2, 0.25) is 0 Å². The molecule has 1 aromatic heterocycles. The van der Waals surface area contributed by atoms with E-state index in [-0.39, 0.29) is 12.1 Å². The van der Waals surface area contributed by atoms with E-state index in [1.54, 1.807) is 0 Å². The van der Waals surface area contributed by atoms with Crippen molar-refractivity contribution in [1.29, 1.82) is 0 Å². The van der Waals surface area contributed by atoms with E-state index >= 15 is 0 Å². The highest BCUT2D eigenvalue weighted by atomic mass is 15.1. The largest absolute Gasteiger partial charge is 0.244 e. The van der Waals surface area contributed by atoms with Crippen LogP contribution in [0.5, 0.6) is 0 Å². The first-order valence-corrected chi connectivity index (χ1v) is 10.2. The van der Waals surface area contributed by atoms with Crippen LogP contribution < -0.4 is 4.57 Å². The molecule has 0 aliphatic heterocycles. The fourth-order valence-corrected chi connectivity index (χ4v) is 4.12. The maximum atomic E-state index is 2.30. The van der Waals surface area contributed by atoms with Crippen LogP contribution in [-0.4, -0.2) is 4.57 Å². The molecule has 1 heterocycles. The number of nitrogens with zero attached hydrogens (tertiary/aromatic N) is 2. The summed E-state index contributed by atoms with van der Waals surface area (Å²) in [4.78, 5) is 0. The topological polar surface area (TPSA) is 8.81 Å². The second kappa shape index (κ2) is 7.21. The Morgan fingerprint density at radius 2 is 1.21 bits per heavy atom. The van der Waals surface area contributed by atoms with Crippen molar-refractivity contribution in [2.24, 2.45) is 0 Å². The number of hydrogen-bond acceptors (Lipinski definition) is 0. The normalized spacial score (nSPS) is 13.6. The summed E-state index contributed by atoms with van der Waals surface area (Å²) in [6.07, 6.45) is 6.58. The van der Waals surface area contributed by atoms with E-state index in [2.05, 4.69) is 127 Å². The highest BCUT2D eigenvalue weighted by Gasteiger charge is 2.18. The van der Waals surface area contributed by atoms with Crippen LogP contribution in [0, 0.1) is 0 Å². The standard InChI is InChI=1S/C27H25N2/c1-20(24-13-11-22-7-3-5-9-26(22)17-24)28-15-16-29(19-28)21(2)25-14-12-23-8-4-6-10-27(23)18-25/h3-21H,1-2H3/q+1/t20-,21-/m0/s1. The van der Waals surface area contributed by atoms with Gasteiger partial charge in [0.05, 0.1) is 0 Å². The number of rotatable bonds is 4. The third kappa shape index (κ3) is 3.31. The Hall–Kier alpha value is -3.39. The summed E-state index contributed by atoms with van der Waals surface area (Å²) >= 11 is 0. The van der Waals surface area contributed by atoms with Gasteiger partial charge in [-0.1, -0.05) is 72.8 Å². The summed E-state index contributed by atoms with van der Waals surface area (Å²) in [5, 5.41) is 5.16. The van der Waals surface area contributed by atoms with Crippen LogP contribution in [0.3, 0.4) is 0 Å². The SMILES string of the molecule is C[C@@H](c1ccc2ccccc2c1)n1cc[n+]([C@@H](C)c2ccc3ccccc3c2)c1. The van der Waals surface area contributed by atoms with Crippen LogP contribution in [-0.2, 0) is 0 Å². The molecule has 0 aliphatic carbocycles. The fourth-order valence-electron chi connectivity index (χ4n) is 4.12. The van der Waals surface area contributed by atoms with Crippen molar-refractivity contribution >= 4 is 21.5 Å². The zero-order chi connectivity index (χ0) is 19.8. The Kier molecular flexibility index (Phi) is 4.40. The summed E-state index contributed by atoms with van der Waals surface area (Å²) in [6.45, 7) is 4.52. The first-order chi connectivity index (χ1) is 14.2. The Labute approximate surface area is 171 Å². The number of aromatic nitrogens is 2. The van der Waals surface area contributed by atoms with Gasteiger partial charge in [-0.3, -0.25) is 0 Å². The minimum atomic E-state index is 0.282. The van der Waals surface area contributed by atoms with Crippen molar-refractivity contribution in [1.82, 2.24) is 4.57 Å². The molecular formula is C27H25N2+. The average molecular weight is 378 g/mol. The second-order valence-corrected chi connectivity index (χ2v) is 7.87. The molecule has 142 valence electrons. The molecule has 0 spiro atoms. The summed E-state index contributed by atoms with van der Waals surface area (Å²) < 4.78 is 4.59. The summed E-state index contributed by atoms with van der Waals surface area (Å²) in [6, 6.07) is 31.2. The smallest absolute Gasteiger partial charge is 0.230 e. The molecule has 29 heavy (non-hydrogen) atoms. The molecule has 0 aliphatic rings. The van der Waals surface area contributed by atoms with Gasteiger partial charge in [-0.25, -0.2) is 9.13 Å². The van der Waals surface area contributed by atoms with Gasteiger partial charge < -0.3 is 0 Å². The number of hydrogen-bond donors (Lipinski definition) is 0. The number of fused-ring (bicyclic) bond motifs is 2. The minimum absolute atomic E-state index is 0.282. The maximum absolute atomic E-state index is 2.30. The molecule has 0 unspecified atom stereocenters. The van der Waals surface area contributed by atoms with E-state index in [1.807, 2.05) is 0 Å². The molecule has 5 aromatic rings. The minimum Gasteiger partial charge on any atom is -0.230 e. The summed E-state index contributed by atoms with van der Waals surface area (Å²) in [5.74, 6) is 0. The van der Waals surface area contributed by atoms with Gasteiger partial charge in [0.2, 0.25) is 6.33 Å². The summed E-state index contributed by atoms with van der Waals surface area (Å²) in [7, 11) is 0. The van der Waals surface area contributed by atoms with Crippen molar-refractivity contribution in [3.63, 3.8) is 0 Å². The molecule has 4 aromatic carbocycles. The predicted molar refractivity (Wildman–Crippen MR) is 120 cm³/mol. The van der Waals surface area contributed by atoms with Gasteiger partial charge in [-0.15, -0.1) is 0 Å². The lowest BCUT2D eigenvalue weighted by Gasteiger charge is -2.11. The molecule has 0 radical (unpaired) electrons. The monoisotopic (exact) mass is 377 g/mol. The molecule has 0 bridgehead atoms. The number of benzene rings is 4. The molecule has 0 saturated heterocycles. The highest BCUT2D eigenvalue weighted by molar-refractivity contribution is 5.83. The molecular weight excluding hydrogens is 352 g/mol. The van der Waals surface area contributed by atoms with Gasteiger partial charge in [-0.2, -0.15) is 0 Å². The lowest BCUT2D eigenvalue weighted by molar-refractivity contribution is -0.710. The van der Waals surface area contributed by atoms with Gasteiger partial charge in [0.25, 0.3) is 0 Å². The van der Waals surface area contributed by atoms with Crippen molar-refractivity contribution < 1.29 is 4.57 Å². The first-order valence-electron chi connectivity index (χ1n) is 10.2. The van der Waals surface area contributed by atoms with Crippen molar-refractivity contribution in [3.05, 3.63) is 115 Å². The van der Waals surface area contributed by atoms with Crippen LogP contribution in [0.4, 0.5) is 0 Å². The maximum Gasteiger partial charge on any atom is 0.244 e. The highest BCUT2D eigenvalue weighted by Crippen LogP contribution is 2.24. The first kappa shape index (κ1) is 17.7. The molecule has 2 nitrogen and oxygen atoms in total. The van der Waals surface area contributed by atoms with Gasteiger partial charge in [0.1, 0.15) is 24.5 Å². The second-order valence-electron chi connectivity index (χ2n) is 7.87. The number of imidazole rings is 1. The van der Waals surface area contributed by atoms with Gasteiger partial charge in [-0.05, 0) is 58.7 Å². The van der Waals surface area contributed by atoms with E-state index in [0.717, 1.165) is 0 Å². The Balaban J connectivity index is 1.43. The zero-order valence-electron chi connectivity index (χ0n) is 16.9. The van der Waals surface area contributed by atoms with Gasteiger partial charge in [0, 0.05) is 0 Å². The van der Waals surface area contributed by atoms with Crippen LogP contribution in [0.1, 0.15) is 37.1 Å². The zero-order valence-corrected chi connectivity index (χ0v) is 16.9. The molecule has 0 saturated carbocycles. The Bertz CT molecular complexity index is 1200. The molecule has 0 fully saturated rings. The predicted octanol–water partition coefficient (Wildman–Crippen LogP) is 6.30. The van der Waals surface area contributed by atoms with E-state index in [9.17, 15) is 0 Å². The van der Waals surface area contributed by atoms with Crippen LogP contribution in [0.15, 0.2) is 104 Å². The third-order valence-electron chi connectivity index (χ3n) is 6.08. The van der Waals surface area contributed by atoms with E-state index in [1.165, 1.54) is 32.7 Å². The van der Waals surface area contributed by atoms with E-state index in [0.29, 0.717) is 0 Å². The van der Waals surface area contributed by atoms with Crippen LogP contribution in [0.25, 0.3) is 21.5 Å². The molecule has 0 N–H and O–H groups in total. The van der Waals surface area contributed by atoms with Crippen molar-refractivity contribution in [2.45, 2.75) is 25.9 Å². The van der Waals surface area contributed by atoms with Crippen molar-refractivity contribution in [2.75, 3.05) is 0 Å². The van der Waals surface area contributed by atoms with E-state index in [4.69, 9.17) is 0 Å². The van der Waals surface area contributed by atoms with Crippen molar-refractivity contribution in [3.8, 4) is 0 Å². The molecule has 5 rings (SSSR count). The Morgan fingerprint density at radius 1 is 0.655 bits per heavy atom. The fraction of sp³-hybridized carbons (Fsp3) is 0.148. The molecule has 0 amide bonds. The molecule has 2 heteroatoms. The Morgan fingerprint density at radius 3 is 1.86 bits per heavy atom. The quantitative estimate of drug-likeness (QED) is 0.325. The van der Waals surface area contributed by atoms with Crippen LogP contribution >= 0.6 is 0 Å².